The van der Waals surface area contributed by atoms with Crippen LogP contribution in [0.25, 0.3) is 5.69 Å². The molecule has 0 radical (unpaired) electrons. The minimum Gasteiger partial charge on any atom is -0.464 e. The lowest BCUT2D eigenvalue weighted by Crippen LogP contribution is -2.40. The zero-order valence-corrected chi connectivity index (χ0v) is 18.0. The molecule has 1 aromatic heterocycles. The van der Waals surface area contributed by atoms with Crippen molar-refractivity contribution in [1.29, 1.82) is 0 Å². The van der Waals surface area contributed by atoms with Crippen molar-refractivity contribution in [1.82, 2.24) is 20.0 Å². The number of ether oxygens (including phenoxy) is 2. The molecule has 2 heterocycles. The van der Waals surface area contributed by atoms with E-state index >= 15 is 0 Å². The number of amides is 1. The van der Waals surface area contributed by atoms with E-state index in [2.05, 4.69) is 15.3 Å². The number of carbonyl (C=O) groups excluding carboxylic acids is 1. The molecule has 1 amide bonds. The average Bonchev–Trinajstić information content (AvgIpc) is 2.75. The highest BCUT2D eigenvalue weighted by Gasteiger charge is 2.17. The molecule has 0 bridgehead atoms. The maximum absolute atomic E-state index is 12.3. The van der Waals surface area contributed by atoms with Crippen LogP contribution in [0.3, 0.4) is 0 Å². The standard InChI is InChI=1S/C21H27ClN4O4/c1-15-4-5-17(22)14-18(15)26-20(27)7-6-19(24-26)30-16(2)21(28)23-8-3-9-25-10-12-29-13-11-25/h4-7,14,16H,3,8-13H2,1-2H3,(H,23,28). The lowest BCUT2D eigenvalue weighted by atomic mass is 10.2. The fourth-order valence-electron chi connectivity index (χ4n) is 3.16. The van der Waals surface area contributed by atoms with Gasteiger partial charge in [-0.1, -0.05) is 17.7 Å². The molecule has 1 aliphatic heterocycles. The molecule has 1 atom stereocenters. The molecule has 1 aromatic carbocycles. The summed E-state index contributed by atoms with van der Waals surface area (Å²) in [5, 5.41) is 7.63. The summed E-state index contributed by atoms with van der Waals surface area (Å²) < 4.78 is 12.2. The van der Waals surface area contributed by atoms with Crippen LogP contribution < -0.4 is 15.6 Å². The SMILES string of the molecule is Cc1ccc(Cl)cc1-n1nc(OC(C)C(=O)NCCCN2CCOCC2)ccc1=O. The minimum absolute atomic E-state index is 0.185. The van der Waals surface area contributed by atoms with Gasteiger partial charge in [0.2, 0.25) is 5.88 Å². The highest BCUT2D eigenvalue weighted by atomic mass is 35.5. The van der Waals surface area contributed by atoms with Crippen molar-refractivity contribution in [3.63, 3.8) is 0 Å². The molecule has 3 rings (SSSR count). The Morgan fingerprint density at radius 2 is 2.07 bits per heavy atom. The Labute approximate surface area is 180 Å². The third-order valence-electron chi connectivity index (χ3n) is 4.90. The number of rotatable bonds is 8. The van der Waals surface area contributed by atoms with Crippen LogP contribution in [-0.4, -0.2) is 66.1 Å². The van der Waals surface area contributed by atoms with Crippen LogP contribution >= 0.6 is 11.6 Å². The lowest BCUT2D eigenvalue weighted by Gasteiger charge is -2.26. The van der Waals surface area contributed by atoms with Crippen LogP contribution in [0, 0.1) is 6.92 Å². The summed E-state index contributed by atoms with van der Waals surface area (Å²) in [4.78, 5) is 26.9. The zero-order valence-electron chi connectivity index (χ0n) is 17.3. The molecule has 1 N–H and O–H groups in total. The highest BCUT2D eigenvalue weighted by Crippen LogP contribution is 2.18. The average molecular weight is 435 g/mol. The third kappa shape index (κ3) is 6.04. The van der Waals surface area contributed by atoms with Crippen molar-refractivity contribution in [2.24, 2.45) is 0 Å². The largest absolute Gasteiger partial charge is 0.464 e. The molecule has 30 heavy (non-hydrogen) atoms. The van der Waals surface area contributed by atoms with E-state index in [4.69, 9.17) is 21.1 Å². The number of hydrogen-bond donors (Lipinski definition) is 1. The van der Waals surface area contributed by atoms with E-state index in [1.165, 1.54) is 16.8 Å². The van der Waals surface area contributed by atoms with E-state index in [0.717, 1.165) is 44.8 Å². The number of morpholine rings is 1. The first-order chi connectivity index (χ1) is 14.4. The predicted octanol–water partition coefficient (Wildman–Crippen LogP) is 1.80. The molecule has 1 saturated heterocycles. The molecule has 0 saturated carbocycles. The molecule has 0 aliphatic carbocycles. The van der Waals surface area contributed by atoms with Crippen LogP contribution in [0.5, 0.6) is 5.88 Å². The van der Waals surface area contributed by atoms with Crippen LogP contribution in [0.1, 0.15) is 18.9 Å². The maximum atomic E-state index is 12.3. The van der Waals surface area contributed by atoms with Gasteiger partial charge in [-0.15, -0.1) is 5.10 Å². The highest BCUT2D eigenvalue weighted by molar-refractivity contribution is 6.30. The van der Waals surface area contributed by atoms with E-state index in [1.807, 2.05) is 13.0 Å². The lowest BCUT2D eigenvalue weighted by molar-refractivity contribution is -0.127. The molecule has 1 unspecified atom stereocenters. The van der Waals surface area contributed by atoms with Crippen molar-refractivity contribution in [3.8, 4) is 11.6 Å². The van der Waals surface area contributed by atoms with Crippen molar-refractivity contribution in [2.75, 3.05) is 39.4 Å². The fourth-order valence-corrected chi connectivity index (χ4v) is 3.32. The number of aromatic nitrogens is 2. The van der Waals surface area contributed by atoms with Crippen molar-refractivity contribution >= 4 is 17.5 Å². The summed E-state index contributed by atoms with van der Waals surface area (Å²) in [6.07, 6.45) is 0.114. The second-order valence-corrected chi connectivity index (χ2v) is 7.65. The van der Waals surface area contributed by atoms with Gasteiger partial charge < -0.3 is 14.8 Å². The van der Waals surface area contributed by atoms with E-state index < -0.39 is 6.10 Å². The molecule has 1 aliphatic rings. The van der Waals surface area contributed by atoms with Crippen molar-refractivity contribution in [3.05, 3.63) is 51.3 Å². The molecular weight excluding hydrogens is 408 g/mol. The summed E-state index contributed by atoms with van der Waals surface area (Å²) >= 11 is 6.06. The van der Waals surface area contributed by atoms with Crippen LogP contribution in [0.4, 0.5) is 0 Å². The van der Waals surface area contributed by atoms with E-state index in [1.54, 1.807) is 19.1 Å². The Bertz CT molecular complexity index is 927. The number of nitrogens with zero attached hydrogens (tertiary/aromatic N) is 3. The Morgan fingerprint density at radius 3 is 2.83 bits per heavy atom. The first kappa shape index (κ1) is 22.3. The van der Waals surface area contributed by atoms with Crippen molar-refractivity contribution < 1.29 is 14.3 Å². The second-order valence-electron chi connectivity index (χ2n) is 7.21. The third-order valence-corrected chi connectivity index (χ3v) is 5.13. The Hall–Kier alpha value is -2.42. The summed E-state index contributed by atoms with van der Waals surface area (Å²) in [5.74, 6) is -0.0413. The number of halogens is 1. The van der Waals surface area contributed by atoms with Gasteiger partial charge in [-0.3, -0.25) is 14.5 Å². The van der Waals surface area contributed by atoms with E-state index in [-0.39, 0.29) is 17.3 Å². The Morgan fingerprint density at radius 1 is 1.30 bits per heavy atom. The predicted molar refractivity (Wildman–Crippen MR) is 115 cm³/mol. The first-order valence-electron chi connectivity index (χ1n) is 10.1. The van der Waals surface area contributed by atoms with Crippen LogP contribution in [0.15, 0.2) is 35.1 Å². The quantitative estimate of drug-likeness (QED) is 0.638. The van der Waals surface area contributed by atoms with E-state index in [9.17, 15) is 9.59 Å². The molecule has 162 valence electrons. The summed E-state index contributed by atoms with van der Waals surface area (Å²) in [5.41, 5.74) is 1.10. The summed E-state index contributed by atoms with van der Waals surface area (Å²) in [7, 11) is 0. The van der Waals surface area contributed by atoms with Gasteiger partial charge in [0.15, 0.2) is 6.10 Å². The number of hydrogen-bond acceptors (Lipinski definition) is 6. The first-order valence-corrected chi connectivity index (χ1v) is 10.4. The number of aryl methyl sites for hydroxylation is 1. The summed E-state index contributed by atoms with van der Waals surface area (Å²) in [6, 6.07) is 8.04. The molecule has 8 nitrogen and oxygen atoms in total. The maximum Gasteiger partial charge on any atom is 0.271 e. The molecule has 0 spiro atoms. The van der Waals surface area contributed by atoms with Gasteiger partial charge in [-0.25, -0.2) is 0 Å². The zero-order chi connectivity index (χ0) is 21.5. The second kappa shape index (κ2) is 10.6. The van der Waals surface area contributed by atoms with Gasteiger partial charge in [0, 0.05) is 36.8 Å². The fraction of sp³-hybridized carbons (Fsp3) is 0.476. The van der Waals surface area contributed by atoms with Gasteiger partial charge in [0.25, 0.3) is 11.5 Å². The van der Waals surface area contributed by atoms with E-state index in [0.29, 0.717) is 17.3 Å². The van der Waals surface area contributed by atoms with Crippen LogP contribution in [-0.2, 0) is 9.53 Å². The Balaban J connectivity index is 1.55. The van der Waals surface area contributed by atoms with Gasteiger partial charge in [-0.2, -0.15) is 4.68 Å². The number of carbonyl (C=O) groups is 1. The molecule has 9 heteroatoms. The normalized spacial score (nSPS) is 15.6. The van der Waals surface area contributed by atoms with Crippen molar-refractivity contribution in [2.45, 2.75) is 26.4 Å². The molecular formula is C21H27ClN4O4. The van der Waals surface area contributed by atoms with Gasteiger partial charge in [0.05, 0.1) is 18.9 Å². The van der Waals surface area contributed by atoms with Gasteiger partial charge >= 0.3 is 0 Å². The van der Waals surface area contributed by atoms with Crippen LogP contribution in [0.2, 0.25) is 5.02 Å². The summed E-state index contributed by atoms with van der Waals surface area (Å²) in [6.45, 7) is 8.40. The number of benzene rings is 1. The monoisotopic (exact) mass is 434 g/mol. The topological polar surface area (TPSA) is 85.7 Å². The Kier molecular flexibility index (Phi) is 7.84. The number of nitrogens with one attached hydrogen (secondary N) is 1. The van der Waals surface area contributed by atoms with Gasteiger partial charge in [-0.05, 0) is 44.5 Å². The minimum atomic E-state index is -0.743. The smallest absolute Gasteiger partial charge is 0.271 e. The molecule has 2 aromatic rings. The molecule has 1 fully saturated rings. The van der Waals surface area contributed by atoms with Gasteiger partial charge in [0.1, 0.15) is 0 Å².